The van der Waals surface area contributed by atoms with Gasteiger partial charge in [0.15, 0.2) is 10.9 Å². The minimum Gasteiger partial charge on any atom is -0.545 e. The Labute approximate surface area is 182 Å². The summed E-state index contributed by atoms with van der Waals surface area (Å²) in [4.78, 5) is 37.0. The molecule has 154 valence electrons. The summed E-state index contributed by atoms with van der Waals surface area (Å²) in [7, 11) is 0. The molecule has 0 bridgehead atoms. The topological polar surface area (TPSA) is 96.0 Å². The van der Waals surface area contributed by atoms with E-state index in [2.05, 4.69) is 0 Å². The molecule has 0 atom stereocenters. The van der Waals surface area contributed by atoms with E-state index in [-0.39, 0.29) is 29.0 Å². The molecule has 3 rings (SSSR count). The number of amides is 1. The number of anilines is 1. The second-order valence-electron chi connectivity index (χ2n) is 6.02. The van der Waals surface area contributed by atoms with Gasteiger partial charge < -0.3 is 19.4 Å². The molecule has 0 aromatic heterocycles. The van der Waals surface area contributed by atoms with Crippen molar-refractivity contribution in [2.24, 2.45) is 0 Å². The number of carbonyl (C=O) groups excluding carboxylic acids is 3. The Morgan fingerprint density at radius 2 is 1.97 bits per heavy atom. The van der Waals surface area contributed by atoms with Crippen LogP contribution >= 0.6 is 24.0 Å². The Bertz CT molecular complexity index is 1050. The largest absolute Gasteiger partial charge is 0.545 e. The van der Waals surface area contributed by atoms with Crippen LogP contribution in [0.2, 0.25) is 0 Å². The summed E-state index contributed by atoms with van der Waals surface area (Å²) >= 11 is 6.42. The molecule has 0 aliphatic carbocycles. The first-order valence-corrected chi connectivity index (χ1v) is 10.1. The molecule has 30 heavy (non-hydrogen) atoms. The van der Waals surface area contributed by atoms with Crippen molar-refractivity contribution in [1.82, 2.24) is 0 Å². The number of carboxylic acids is 1. The van der Waals surface area contributed by atoms with Crippen LogP contribution in [0.25, 0.3) is 6.08 Å². The number of hydrogen-bond donors (Lipinski definition) is 0. The Morgan fingerprint density at radius 3 is 2.70 bits per heavy atom. The van der Waals surface area contributed by atoms with Crippen LogP contribution in [0.15, 0.2) is 53.4 Å². The number of carboxylic acid groups (broad SMARTS) is 1. The molecule has 1 aliphatic heterocycles. The maximum atomic E-state index is 12.9. The van der Waals surface area contributed by atoms with Crippen LogP contribution in [0.3, 0.4) is 0 Å². The molecule has 0 N–H and O–H groups in total. The second-order valence-corrected chi connectivity index (χ2v) is 7.70. The van der Waals surface area contributed by atoms with Crippen molar-refractivity contribution in [3.8, 4) is 5.75 Å². The summed E-state index contributed by atoms with van der Waals surface area (Å²) in [6, 6.07) is 12.7. The highest BCUT2D eigenvalue weighted by Gasteiger charge is 2.33. The van der Waals surface area contributed by atoms with Crippen LogP contribution in [-0.4, -0.2) is 35.4 Å². The average molecular weight is 442 g/mol. The van der Waals surface area contributed by atoms with E-state index >= 15 is 0 Å². The molecule has 2 aromatic rings. The highest BCUT2D eigenvalue weighted by Crippen LogP contribution is 2.36. The van der Waals surface area contributed by atoms with Crippen molar-refractivity contribution in [3.63, 3.8) is 0 Å². The summed E-state index contributed by atoms with van der Waals surface area (Å²) < 4.78 is 10.5. The van der Waals surface area contributed by atoms with Crippen LogP contribution in [0.1, 0.15) is 22.8 Å². The van der Waals surface area contributed by atoms with Gasteiger partial charge in [0.2, 0.25) is 0 Å². The van der Waals surface area contributed by atoms with Crippen molar-refractivity contribution in [3.05, 3.63) is 64.6 Å². The molecular formula is C21H16NO6S2-. The van der Waals surface area contributed by atoms with Gasteiger partial charge in [-0.2, -0.15) is 0 Å². The van der Waals surface area contributed by atoms with Crippen LogP contribution in [0.4, 0.5) is 5.69 Å². The standard InChI is InChI=1S/C21H17NO6S2/c1-2-27-18(23)12-28-16-8-3-5-13(9-16)10-17-19(24)22(21(29)30-17)15-7-4-6-14(11-15)20(25)26/h3-11H,2,12H2,1H3,(H,25,26)/p-1/b17-10+. The van der Waals surface area contributed by atoms with Crippen molar-refractivity contribution in [2.75, 3.05) is 18.1 Å². The quantitative estimate of drug-likeness (QED) is 0.366. The van der Waals surface area contributed by atoms with Crippen LogP contribution in [0.5, 0.6) is 5.75 Å². The number of ether oxygens (including phenoxy) is 2. The molecule has 1 heterocycles. The van der Waals surface area contributed by atoms with Gasteiger partial charge in [-0.05, 0) is 48.4 Å². The Hall–Kier alpha value is -3.17. The monoisotopic (exact) mass is 442 g/mol. The minimum absolute atomic E-state index is 0.0445. The Kier molecular flexibility index (Phi) is 6.86. The molecular weight excluding hydrogens is 426 g/mol. The highest BCUT2D eigenvalue weighted by molar-refractivity contribution is 8.27. The van der Waals surface area contributed by atoms with Gasteiger partial charge in [0.25, 0.3) is 5.91 Å². The lowest BCUT2D eigenvalue weighted by atomic mass is 10.1. The van der Waals surface area contributed by atoms with E-state index in [4.69, 9.17) is 21.7 Å². The summed E-state index contributed by atoms with van der Waals surface area (Å²) in [5.74, 6) is -1.72. The number of benzene rings is 2. The smallest absolute Gasteiger partial charge is 0.344 e. The molecule has 0 unspecified atom stereocenters. The molecule has 2 aromatic carbocycles. The van der Waals surface area contributed by atoms with Gasteiger partial charge >= 0.3 is 5.97 Å². The zero-order valence-corrected chi connectivity index (χ0v) is 17.5. The molecule has 0 spiro atoms. The van der Waals surface area contributed by atoms with Gasteiger partial charge in [-0.3, -0.25) is 9.69 Å². The van der Waals surface area contributed by atoms with Gasteiger partial charge in [-0.15, -0.1) is 0 Å². The van der Waals surface area contributed by atoms with E-state index in [0.717, 1.165) is 11.8 Å². The van der Waals surface area contributed by atoms with E-state index in [1.54, 1.807) is 43.3 Å². The van der Waals surface area contributed by atoms with Gasteiger partial charge in [-0.1, -0.05) is 48.2 Å². The first-order valence-electron chi connectivity index (χ1n) is 8.87. The van der Waals surface area contributed by atoms with Gasteiger partial charge in [-0.25, -0.2) is 4.79 Å². The third-order valence-electron chi connectivity index (χ3n) is 3.95. The molecule has 7 nitrogen and oxygen atoms in total. The van der Waals surface area contributed by atoms with Crippen LogP contribution in [0, 0.1) is 0 Å². The molecule has 0 radical (unpaired) electrons. The minimum atomic E-state index is -1.34. The normalized spacial score (nSPS) is 14.8. The summed E-state index contributed by atoms with van der Waals surface area (Å²) in [6.07, 6.45) is 1.65. The number of thiocarbonyl (C=S) groups is 1. The molecule has 1 fully saturated rings. The Balaban J connectivity index is 1.79. The predicted molar refractivity (Wildman–Crippen MR) is 115 cm³/mol. The fourth-order valence-electron chi connectivity index (χ4n) is 2.65. The zero-order chi connectivity index (χ0) is 21.7. The molecule has 1 aliphatic rings. The van der Waals surface area contributed by atoms with E-state index in [9.17, 15) is 19.5 Å². The maximum absolute atomic E-state index is 12.9. The number of esters is 1. The summed E-state index contributed by atoms with van der Waals surface area (Å²) in [6.45, 7) is 1.77. The number of thioether (sulfide) groups is 1. The lowest BCUT2D eigenvalue weighted by Gasteiger charge is -2.15. The maximum Gasteiger partial charge on any atom is 0.344 e. The van der Waals surface area contributed by atoms with Gasteiger partial charge in [0, 0.05) is 0 Å². The number of carbonyl (C=O) groups is 3. The van der Waals surface area contributed by atoms with E-state index in [1.807, 2.05) is 0 Å². The van der Waals surface area contributed by atoms with Gasteiger partial charge in [0.05, 0.1) is 23.2 Å². The lowest BCUT2D eigenvalue weighted by molar-refractivity contribution is -0.255. The third kappa shape index (κ3) is 5.05. The molecule has 0 saturated carbocycles. The number of hydrogen-bond acceptors (Lipinski definition) is 8. The number of rotatable bonds is 7. The Morgan fingerprint density at radius 1 is 1.20 bits per heavy atom. The zero-order valence-electron chi connectivity index (χ0n) is 15.8. The number of aromatic carboxylic acids is 1. The van der Waals surface area contributed by atoms with Gasteiger partial charge in [0.1, 0.15) is 5.75 Å². The van der Waals surface area contributed by atoms with Crippen LogP contribution in [-0.2, 0) is 14.3 Å². The first-order chi connectivity index (χ1) is 14.4. The van der Waals surface area contributed by atoms with Crippen molar-refractivity contribution in [1.29, 1.82) is 0 Å². The molecule has 1 saturated heterocycles. The highest BCUT2D eigenvalue weighted by atomic mass is 32.2. The lowest BCUT2D eigenvalue weighted by Crippen LogP contribution is -2.28. The van der Waals surface area contributed by atoms with E-state index in [0.29, 0.717) is 21.9 Å². The third-order valence-corrected chi connectivity index (χ3v) is 5.25. The molecule has 9 heteroatoms. The first kappa shape index (κ1) is 21.5. The van der Waals surface area contributed by atoms with E-state index in [1.165, 1.54) is 23.1 Å². The fourth-order valence-corrected chi connectivity index (χ4v) is 3.95. The van der Waals surface area contributed by atoms with Crippen molar-refractivity contribution < 1.29 is 29.0 Å². The summed E-state index contributed by atoms with van der Waals surface area (Å²) in [5.41, 5.74) is 0.992. The van der Waals surface area contributed by atoms with Crippen LogP contribution < -0.4 is 14.7 Å². The van der Waals surface area contributed by atoms with Crippen molar-refractivity contribution >= 4 is 57.9 Å². The molecule has 1 amide bonds. The predicted octanol–water partition coefficient (Wildman–Crippen LogP) is 2.40. The number of nitrogens with zero attached hydrogens (tertiary/aromatic N) is 1. The summed E-state index contributed by atoms with van der Waals surface area (Å²) in [5, 5.41) is 11.1. The average Bonchev–Trinajstić information content (AvgIpc) is 3.00. The fraction of sp³-hybridized carbons (Fsp3) is 0.143. The second kappa shape index (κ2) is 9.55. The van der Waals surface area contributed by atoms with Crippen molar-refractivity contribution in [2.45, 2.75) is 6.92 Å². The van der Waals surface area contributed by atoms with E-state index < -0.39 is 11.9 Å². The SMILES string of the molecule is CCOC(=O)COc1cccc(/C=C2/SC(=S)N(c3cccc(C(=O)[O-])c3)C2=O)c1.